The van der Waals surface area contributed by atoms with Gasteiger partial charge in [0.1, 0.15) is 6.61 Å². The van der Waals surface area contributed by atoms with Crippen LogP contribution in [-0.2, 0) is 6.54 Å². The summed E-state index contributed by atoms with van der Waals surface area (Å²) in [5, 5.41) is 3.23. The molecular formula is C9H9ClFNO. The predicted molar refractivity (Wildman–Crippen MR) is 48.6 cm³/mol. The molecule has 0 fully saturated rings. The molecule has 0 bridgehead atoms. The molecule has 0 radical (unpaired) electrons. The van der Waals surface area contributed by atoms with Gasteiger partial charge in [-0.3, -0.25) is 0 Å². The minimum absolute atomic E-state index is 0.112. The van der Waals surface area contributed by atoms with E-state index < -0.39 is 5.82 Å². The third-order valence-electron chi connectivity index (χ3n) is 1.97. The summed E-state index contributed by atoms with van der Waals surface area (Å²) in [6.45, 7) is 1.83. The van der Waals surface area contributed by atoms with Crippen molar-refractivity contribution in [1.29, 1.82) is 0 Å². The van der Waals surface area contributed by atoms with Crippen LogP contribution >= 0.6 is 11.6 Å². The average molecular weight is 202 g/mol. The number of rotatable bonds is 0. The topological polar surface area (TPSA) is 21.3 Å². The lowest BCUT2D eigenvalue weighted by molar-refractivity contribution is 0.310. The highest BCUT2D eigenvalue weighted by atomic mass is 35.5. The molecule has 0 saturated heterocycles. The van der Waals surface area contributed by atoms with Crippen molar-refractivity contribution in [3.63, 3.8) is 0 Å². The Morgan fingerprint density at radius 1 is 1.46 bits per heavy atom. The summed E-state index contributed by atoms with van der Waals surface area (Å²) < 4.78 is 18.6. The minimum atomic E-state index is -0.456. The lowest BCUT2D eigenvalue weighted by Gasteiger charge is -2.07. The van der Waals surface area contributed by atoms with E-state index in [0.29, 0.717) is 13.2 Å². The van der Waals surface area contributed by atoms with E-state index in [-0.39, 0.29) is 10.8 Å². The van der Waals surface area contributed by atoms with Crippen molar-refractivity contribution < 1.29 is 9.13 Å². The molecule has 0 amide bonds. The SMILES string of the molecule is Fc1c(Cl)ccc2c1OCCNC2. The second-order valence-corrected chi connectivity index (χ2v) is 3.28. The van der Waals surface area contributed by atoms with Crippen LogP contribution in [0.1, 0.15) is 5.56 Å². The fourth-order valence-corrected chi connectivity index (χ4v) is 1.46. The highest BCUT2D eigenvalue weighted by Gasteiger charge is 2.15. The Labute approximate surface area is 80.7 Å². The van der Waals surface area contributed by atoms with Gasteiger partial charge in [-0.1, -0.05) is 17.7 Å². The zero-order chi connectivity index (χ0) is 9.26. The number of nitrogens with one attached hydrogen (secondary N) is 1. The fourth-order valence-electron chi connectivity index (χ4n) is 1.32. The Hall–Kier alpha value is -0.800. The molecule has 1 aromatic carbocycles. The number of benzene rings is 1. The molecule has 0 atom stereocenters. The maximum absolute atomic E-state index is 13.4. The zero-order valence-corrected chi connectivity index (χ0v) is 7.70. The van der Waals surface area contributed by atoms with E-state index >= 15 is 0 Å². The lowest BCUT2D eigenvalue weighted by atomic mass is 10.2. The summed E-state index contributed by atoms with van der Waals surface area (Å²) in [7, 11) is 0. The summed E-state index contributed by atoms with van der Waals surface area (Å²) in [5.74, 6) is -0.166. The average Bonchev–Trinajstić information content (AvgIpc) is 2.36. The van der Waals surface area contributed by atoms with Gasteiger partial charge in [0.05, 0.1) is 5.02 Å². The highest BCUT2D eigenvalue weighted by molar-refractivity contribution is 6.30. The lowest BCUT2D eigenvalue weighted by Crippen LogP contribution is -2.16. The van der Waals surface area contributed by atoms with E-state index in [1.54, 1.807) is 12.1 Å². The number of ether oxygens (including phenoxy) is 1. The molecule has 0 aromatic heterocycles. The quantitative estimate of drug-likeness (QED) is 0.693. The van der Waals surface area contributed by atoms with Crippen molar-refractivity contribution in [3.8, 4) is 5.75 Å². The molecular weight excluding hydrogens is 193 g/mol. The van der Waals surface area contributed by atoms with E-state index in [1.807, 2.05) is 0 Å². The van der Waals surface area contributed by atoms with Crippen LogP contribution in [0.15, 0.2) is 12.1 Å². The summed E-state index contributed by atoms with van der Waals surface area (Å²) in [4.78, 5) is 0. The summed E-state index contributed by atoms with van der Waals surface area (Å²) in [5.41, 5.74) is 0.819. The van der Waals surface area contributed by atoms with E-state index in [4.69, 9.17) is 16.3 Å². The molecule has 0 spiro atoms. The van der Waals surface area contributed by atoms with Crippen molar-refractivity contribution >= 4 is 11.6 Å². The molecule has 1 aliphatic rings. The molecule has 70 valence electrons. The molecule has 1 heterocycles. The van der Waals surface area contributed by atoms with Gasteiger partial charge in [-0.15, -0.1) is 0 Å². The van der Waals surface area contributed by atoms with Crippen LogP contribution in [0.4, 0.5) is 4.39 Å². The smallest absolute Gasteiger partial charge is 0.183 e. The van der Waals surface area contributed by atoms with Crippen LogP contribution in [0.25, 0.3) is 0 Å². The maximum Gasteiger partial charge on any atom is 0.183 e. The van der Waals surface area contributed by atoms with Crippen LogP contribution in [0.5, 0.6) is 5.75 Å². The second kappa shape index (κ2) is 3.52. The van der Waals surface area contributed by atoms with Crippen LogP contribution in [-0.4, -0.2) is 13.2 Å². The Balaban J connectivity index is 2.48. The first-order valence-corrected chi connectivity index (χ1v) is 4.47. The number of hydrogen-bond donors (Lipinski definition) is 1. The van der Waals surface area contributed by atoms with Gasteiger partial charge in [0.25, 0.3) is 0 Å². The molecule has 1 N–H and O–H groups in total. The van der Waals surface area contributed by atoms with E-state index in [1.165, 1.54) is 0 Å². The van der Waals surface area contributed by atoms with Crippen molar-refractivity contribution in [2.75, 3.05) is 13.2 Å². The third kappa shape index (κ3) is 1.62. The predicted octanol–water partition coefficient (Wildman–Crippen LogP) is 1.96. The van der Waals surface area contributed by atoms with Crippen molar-refractivity contribution in [2.24, 2.45) is 0 Å². The molecule has 13 heavy (non-hydrogen) atoms. The van der Waals surface area contributed by atoms with E-state index in [0.717, 1.165) is 12.1 Å². The molecule has 1 aliphatic heterocycles. The first-order chi connectivity index (χ1) is 6.29. The first-order valence-electron chi connectivity index (χ1n) is 4.09. The van der Waals surface area contributed by atoms with Gasteiger partial charge in [-0.05, 0) is 6.07 Å². The van der Waals surface area contributed by atoms with E-state index in [2.05, 4.69) is 5.32 Å². The summed E-state index contributed by atoms with van der Waals surface area (Å²) in [6, 6.07) is 3.32. The van der Waals surface area contributed by atoms with Gasteiger partial charge in [0.2, 0.25) is 0 Å². The minimum Gasteiger partial charge on any atom is -0.489 e. The molecule has 0 unspecified atom stereocenters. The van der Waals surface area contributed by atoms with Gasteiger partial charge in [0, 0.05) is 18.7 Å². The van der Waals surface area contributed by atoms with Crippen molar-refractivity contribution in [2.45, 2.75) is 6.54 Å². The molecule has 4 heteroatoms. The molecule has 0 aliphatic carbocycles. The Morgan fingerprint density at radius 2 is 2.31 bits per heavy atom. The van der Waals surface area contributed by atoms with Gasteiger partial charge in [-0.2, -0.15) is 0 Å². The van der Waals surface area contributed by atoms with E-state index in [9.17, 15) is 4.39 Å². The number of halogens is 2. The van der Waals surface area contributed by atoms with Gasteiger partial charge >= 0.3 is 0 Å². The van der Waals surface area contributed by atoms with Gasteiger partial charge in [-0.25, -0.2) is 4.39 Å². The normalized spacial score (nSPS) is 15.8. The third-order valence-corrected chi connectivity index (χ3v) is 2.26. The van der Waals surface area contributed by atoms with Crippen LogP contribution in [0, 0.1) is 5.82 Å². The van der Waals surface area contributed by atoms with Crippen molar-refractivity contribution in [1.82, 2.24) is 5.32 Å². The maximum atomic E-state index is 13.4. The largest absolute Gasteiger partial charge is 0.489 e. The number of fused-ring (bicyclic) bond motifs is 1. The van der Waals surface area contributed by atoms with Crippen LogP contribution in [0.3, 0.4) is 0 Å². The molecule has 0 saturated carbocycles. The van der Waals surface area contributed by atoms with Crippen molar-refractivity contribution in [3.05, 3.63) is 28.5 Å². The zero-order valence-electron chi connectivity index (χ0n) is 6.94. The van der Waals surface area contributed by atoms with Crippen LogP contribution < -0.4 is 10.1 Å². The highest BCUT2D eigenvalue weighted by Crippen LogP contribution is 2.29. The standard InChI is InChI=1S/C9H9ClFNO/c10-7-2-1-6-5-12-3-4-13-9(6)8(7)11/h1-2,12H,3-5H2. The Bertz CT molecular complexity index is 330. The van der Waals surface area contributed by atoms with Gasteiger partial charge < -0.3 is 10.1 Å². The molecule has 1 aromatic rings. The Kier molecular flexibility index (Phi) is 2.38. The summed E-state index contributed by atoms with van der Waals surface area (Å²) >= 11 is 5.62. The monoisotopic (exact) mass is 201 g/mol. The number of hydrogen-bond acceptors (Lipinski definition) is 2. The first kappa shape index (κ1) is 8.78. The van der Waals surface area contributed by atoms with Crippen LogP contribution in [0.2, 0.25) is 5.02 Å². The second-order valence-electron chi connectivity index (χ2n) is 2.87. The summed E-state index contributed by atoms with van der Waals surface area (Å²) in [6.07, 6.45) is 0. The molecule has 2 rings (SSSR count). The Morgan fingerprint density at radius 3 is 3.15 bits per heavy atom. The van der Waals surface area contributed by atoms with Gasteiger partial charge in [0.15, 0.2) is 11.6 Å². The fraction of sp³-hybridized carbons (Fsp3) is 0.333. The molecule has 2 nitrogen and oxygen atoms in total.